The molecule has 1 aromatic carbocycles. The third-order valence-corrected chi connectivity index (χ3v) is 5.58. The predicted molar refractivity (Wildman–Crippen MR) is 81.7 cm³/mol. The average Bonchev–Trinajstić information content (AvgIpc) is 2.58. The van der Waals surface area contributed by atoms with Gasteiger partial charge in [0.2, 0.25) is 0 Å². The normalized spacial score (nSPS) is 12.8. The lowest BCUT2D eigenvalue weighted by atomic mass is 10.0. The molecule has 0 amide bonds. The van der Waals surface area contributed by atoms with Crippen LogP contribution in [0.1, 0.15) is 27.6 Å². The fraction of sp³-hybridized carbons (Fsp3) is 0.231. The van der Waals surface area contributed by atoms with Crippen molar-refractivity contribution in [2.75, 3.05) is 0 Å². The zero-order chi connectivity index (χ0) is 12.6. The van der Waals surface area contributed by atoms with Crippen LogP contribution in [0.3, 0.4) is 0 Å². The van der Waals surface area contributed by atoms with Gasteiger partial charge in [-0.15, -0.1) is 11.3 Å². The number of benzene rings is 1. The van der Waals surface area contributed by atoms with E-state index in [9.17, 15) is 0 Å². The molecular formula is C13H13Br2NS. The van der Waals surface area contributed by atoms with Crippen molar-refractivity contribution >= 4 is 43.2 Å². The van der Waals surface area contributed by atoms with E-state index in [0.29, 0.717) is 0 Å². The van der Waals surface area contributed by atoms with Gasteiger partial charge in [0.05, 0.1) is 9.83 Å². The Balaban J connectivity index is 2.39. The van der Waals surface area contributed by atoms with Crippen molar-refractivity contribution in [2.45, 2.75) is 19.9 Å². The second kappa shape index (κ2) is 5.22. The molecule has 0 saturated heterocycles. The number of halogens is 2. The number of hydrogen-bond donors (Lipinski definition) is 1. The zero-order valence-electron chi connectivity index (χ0n) is 9.63. The molecule has 0 spiro atoms. The van der Waals surface area contributed by atoms with E-state index in [1.54, 1.807) is 11.3 Å². The summed E-state index contributed by atoms with van der Waals surface area (Å²) in [5.74, 6) is 0. The molecule has 90 valence electrons. The topological polar surface area (TPSA) is 26.0 Å². The maximum Gasteiger partial charge on any atom is 0.0731 e. The maximum absolute atomic E-state index is 6.31. The van der Waals surface area contributed by atoms with Gasteiger partial charge in [-0.3, -0.25) is 0 Å². The van der Waals surface area contributed by atoms with Crippen LogP contribution in [0.5, 0.6) is 0 Å². The Morgan fingerprint density at radius 1 is 1.18 bits per heavy atom. The second-order valence-corrected chi connectivity index (χ2v) is 7.36. The van der Waals surface area contributed by atoms with Gasteiger partial charge in [0.25, 0.3) is 0 Å². The van der Waals surface area contributed by atoms with Crippen LogP contribution in [0.25, 0.3) is 0 Å². The molecular weight excluding hydrogens is 362 g/mol. The molecule has 0 aliphatic carbocycles. The Hall–Kier alpha value is -0.160. The van der Waals surface area contributed by atoms with E-state index in [-0.39, 0.29) is 6.04 Å². The molecule has 0 aliphatic heterocycles. The van der Waals surface area contributed by atoms with E-state index in [0.717, 1.165) is 13.8 Å². The lowest BCUT2D eigenvalue weighted by molar-refractivity contribution is 0.885. The van der Waals surface area contributed by atoms with Gasteiger partial charge < -0.3 is 5.73 Å². The first kappa shape index (κ1) is 13.3. The summed E-state index contributed by atoms with van der Waals surface area (Å²) in [4.78, 5) is 1.18. The van der Waals surface area contributed by atoms with Crippen molar-refractivity contribution < 1.29 is 0 Å². The van der Waals surface area contributed by atoms with E-state index >= 15 is 0 Å². The summed E-state index contributed by atoms with van der Waals surface area (Å²) < 4.78 is 2.23. The number of aryl methyl sites for hydroxylation is 2. The highest BCUT2D eigenvalue weighted by Crippen LogP contribution is 2.35. The summed E-state index contributed by atoms with van der Waals surface area (Å²) in [6.07, 6.45) is 0. The zero-order valence-corrected chi connectivity index (χ0v) is 13.6. The van der Waals surface area contributed by atoms with Gasteiger partial charge in [0.15, 0.2) is 0 Å². The predicted octanol–water partition coefficient (Wildman–Crippen LogP) is 4.94. The molecule has 2 aromatic rings. The lowest BCUT2D eigenvalue weighted by Gasteiger charge is -2.12. The molecule has 0 fully saturated rings. The Morgan fingerprint density at radius 3 is 2.41 bits per heavy atom. The molecule has 1 atom stereocenters. The summed E-state index contributed by atoms with van der Waals surface area (Å²) in [5.41, 5.74) is 9.91. The Kier molecular flexibility index (Phi) is 4.08. The van der Waals surface area contributed by atoms with Gasteiger partial charge in [-0.25, -0.2) is 0 Å². The first-order valence-electron chi connectivity index (χ1n) is 5.26. The maximum atomic E-state index is 6.31. The fourth-order valence-electron chi connectivity index (χ4n) is 1.67. The van der Waals surface area contributed by atoms with E-state index < -0.39 is 0 Å². The first-order chi connectivity index (χ1) is 7.99. The third kappa shape index (κ3) is 2.81. The van der Waals surface area contributed by atoms with Gasteiger partial charge in [-0.2, -0.15) is 0 Å². The summed E-state index contributed by atoms with van der Waals surface area (Å²) in [6, 6.07) is 8.36. The molecule has 1 nitrogen and oxygen atoms in total. The van der Waals surface area contributed by atoms with Crippen molar-refractivity contribution in [2.24, 2.45) is 5.73 Å². The minimum atomic E-state index is -0.0695. The van der Waals surface area contributed by atoms with Crippen LogP contribution in [0.4, 0.5) is 0 Å². The van der Waals surface area contributed by atoms with Crippen molar-refractivity contribution in [1.29, 1.82) is 0 Å². The standard InChI is InChI=1S/C13H13Br2NS/c1-7-3-4-9(10(14)5-7)12(16)11-6-8(2)13(15)17-11/h3-6,12H,16H2,1-2H3. The van der Waals surface area contributed by atoms with Crippen molar-refractivity contribution in [3.63, 3.8) is 0 Å². The molecule has 1 aromatic heterocycles. The molecule has 0 bridgehead atoms. The molecule has 1 unspecified atom stereocenters. The van der Waals surface area contributed by atoms with Crippen LogP contribution in [-0.2, 0) is 0 Å². The minimum Gasteiger partial charge on any atom is -0.320 e. The molecule has 2 rings (SSSR count). The summed E-state index contributed by atoms with van der Waals surface area (Å²) in [7, 11) is 0. The first-order valence-corrected chi connectivity index (χ1v) is 7.66. The van der Waals surface area contributed by atoms with Crippen LogP contribution in [0.15, 0.2) is 32.5 Å². The smallest absolute Gasteiger partial charge is 0.0731 e. The molecule has 1 heterocycles. The molecule has 4 heteroatoms. The third-order valence-electron chi connectivity index (χ3n) is 2.67. The molecule has 2 N–H and O–H groups in total. The monoisotopic (exact) mass is 373 g/mol. The summed E-state index contributed by atoms with van der Waals surface area (Å²) in [6.45, 7) is 4.16. The van der Waals surface area contributed by atoms with Gasteiger partial charge in [-0.1, -0.05) is 28.1 Å². The van der Waals surface area contributed by atoms with E-state index in [1.165, 1.54) is 16.0 Å². The number of thiophene rings is 1. The highest BCUT2D eigenvalue weighted by atomic mass is 79.9. The van der Waals surface area contributed by atoms with Crippen LogP contribution in [-0.4, -0.2) is 0 Å². The fourth-order valence-corrected chi connectivity index (χ4v) is 4.01. The van der Waals surface area contributed by atoms with Gasteiger partial charge in [-0.05, 0) is 58.6 Å². The molecule has 0 aliphatic rings. The molecule has 0 radical (unpaired) electrons. The Bertz CT molecular complexity index is 529. The average molecular weight is 375 g/mol. The van der Waals surface area contributed by atoms with Gasteiger partial charge in [0, 0.05) is 9.35 Å². The van der Waals surface area contributed by atoms with Crippen molar-refractivity contribution in [1.82, 2.24) is 0 Å². The van der Waals surface area contributed by atoms with Crippen LogP contribution in [0.2, 0.25) is 0 Å². The molecule has 17 heavy (non-hydrogen) atoms. The van der Waals surface area contributed by atoms with E-state index in [4.69, 9.17) is 5.73 Å². The van der Waals surface area contributed by atoms with Crippen molar-refractivity contribution in [3.8, 4) is 0 Å². The highest BCUT2D eigenvalue weighted by molar-refractivity contribution is 9.11. The Morgan fingerprint density at radius 2 is 1.88 bits per heavy atom. The Labute approximate surface area is 122 Å². The number of rotatable bonds is 2. The van der Waals surface area contributed by atoms with Crippen LogP contribution < -0.4 is 5.73 Å². The lowest BCUT2D eigenvalue weighted by Crippen LogP contribution is -2.10. The van der Waals surface area contributed by atoms with Gasteiger partial charge in [0.1, 0.15) is 0 Å². The van der Waals surface area contributed by atoms with Crippen LogP contribution >= 0.6 is 43.2 Å². The highest BCUT2D eigenvalue weighted by Gasteiger charge is 2.15. The van der Waals surface area contributed by atoms with Crippen LogP contribution in [0, 0.1) is 13.8 Å². The molecule has 0 saturated carbocycles. The largest absolute Gasteiger partial charge is 0.320 e. The second-order valence-electron chi connectivity index (χ2n) is 4.11. The number of hydrogen-bond acceptors (Lipinski definition) is 2. The quantitative estimate of drug-likeness (QED) is 0.791. The summed E-state index contributed by atoms with van der Waals surface area (Å²) >= 11 is 8.82. The van der Waals surface area contributed by atoms with E-state index in [2.05, 4.69) is 70.0 Å². The summed E-state index contributed by atoms with van der Waals surface area (Å²) in [5, 5.41) is 0. The van der Waals surface area contributed by atoms with Gasteiger partial charge >= 0.3 is 0 Å². The SMILES string of the molecule is Cc1ccc(C(N)c2cc(C)c(Br)s2)c(Br)c1. The van der Waals surface area contributed by atoms with E-state index in [1.807, 2.05) is 0 Å². The minimum absolute atomic E-state index is 0.0695. The van der Waals surface area contributed by atoms with Crippen molar-refractivity contribution in [3.05, 3.63) is 54.1 Å². The number of nitrogens with two attached hydrogens (primary N) is 1.